The molecule has 6 heteroatoms. The standard InChI is InChI=1S/C11H9N3O2S/c15-14(16)11-5-2-9(3-6-11)1-4-10-7-17-8-12-13-10/h1-6,8H,7H2. The topological polar surface area (TPSA) is 67.9 Å². The van der Waals surface area contributed by atoms with Crippen LogP contribution in [0.1, 0.15) is 5.56 Å². The summed E-state index contributed by atoms with van der Waals surface area (Å²) in [6, 6.07) is 6.37. The number of nitrogens with zero attached hydrogens (tertiary/aromatic N) is 3. The highest BCUT2D eigenvalue weighted by atomic mass is 32.2. The smallest absolute Gasteiger partial charge is 0.258 e. The van der Waals surface area contributed by atoms with Crippen molar-refractivity contribution in [1.29, 1.82) is 0 Å². The van der Waals surface area contributed by atoms with Gasteiger partial charge in [-0.1, -0.05) is 6.08 Å². The maximum atomic E-state index is 10.5. The number of non-ortho nitro benzene ring substituents is 1. The minimum Gasteiger partial charge on any atom is -0.258 e. The summed E-state index contributed by atoms with van der Waals surface area (Å²) in [4.78, 5) is 10.1. The Bertz CT molecular complexity index is 506. The van der Waals surface area contributed by atoms with Gasteiger partial charge in [0.1, 0.15) is 0 Å². The Morgan fingerprint density at radius 1 is 1.29 bits per heavy atom. The maximum Gasteiger partial charge on any atom is 0.269 e. The van der Waals surface area contributed by atoms with Gasteiger partial charge in [-0.15, -0.1) is 11.8 Å². The van der Waals surface area contributed by atoms with E-state index in [0.717, 1.165) is 17.0 Å². The van der Waals surface area contributed by atoms with Crippen molar-refractivity contribution in [2.75, 3.05) is 5.75 Å². The summed E-state index contributed by atoms with van der Waals surface area (Å²) in [6.07, 6.45) is 3.73. The van der Waals surface area contributed by atoms with E-state index in [1.54, 1.807) is 29.4 Å². The molecule has 1 aliphatic rings. The van der Waals surface area contributed by atoms with E-state index in [0.29, 0.717) is 0 Å². The van der Waals surface area contributed by atoms with Crippen molar-refractivity contribution >= 4 is 34.8 Å². The van der Waals surface area contributed by atoms with Crippen LogP contribution in [0, 0.1) is 10.1 Å². The Balaban J connectivity index is 2.08. The van der Waals surface area contributed by atoms with Gasteiger partial charge in [-0.05, 0) is 23.8 Å². The molecule has 0 fully saturated rings. The van der Waals surface area contributed by atoms with Gasteiger partial charge in [0.05, 0.1) is 16.2 Å². The molecule has 0 bridgehead atoms. The van der Waals surface area contributed by atoms with E-state index in [-0.39, 0.29) is 5.69 Å². The molecule has 1 aliphatic heterocycles. The van der Waals surface area contributed by atoms with Gasteiger partial charge in [-0.3, -0.25) is 10.1 Å². The molecule has 0 spiro atoms. The second-order valence-electron chi connectivity index (χ2n) is 3.31. The van der Waals surface area contributed by atoms with Crippen molar-refractivity contribution in [3.05, 3.63) is 46.0 Å². The van der Waals surface area contributed by atoms with Crippen molar-refractivity contribution in [3.63, 3.8) is 0 Å². The fourth-order valence-electron chi connectivity index (χ4n) is 1.26. The van der Waals surface area contributed by atoms with Crippen LogP contribution in [0.3, 0.4) is 0 Å². The number of nitro benzene ring substituents is 1. The molecule has 0 unspecified atom stereocenters. The average Bonchev–Trinajstić information content (AvgIpc) is 2.38. The van der Waals surface area contributed by atoms with Gasteiger partial charge in [0.2, 0.25) is 0 Å². The zero-order valence-electron chi connectivity index (χ0n) is 8.81. The van der Waals surface area contributed by atoms with Crippen LogP contribution in [0.15, 0.2) is 40.5 Å². The summed E-state index contributed by atoms with van der Waals surface area (Å²) in [5, 5.41) is 18.2. The Morgan fingerprint density at radius 2 is 2.06 bits per heavy atom. The van der Waals surface area contributed by atoms with Gasteiger partial charge in [0, 0.05) is 17.9 Å². The number of nitro groups is 1. The molecule has 1 aromatic rings. The third kappa shape index (κ3) is 3.25. The molecule has 0 amide bonds. The van der Waals surface area contributed by atoms with Crippen molar-refractivity contribution in [2.45, 2.75) is 0 Å². The third-order valence-electron chi connectivity index (χ3n) is 2.11. The van der Waals surface area contributed by atoms with Gasteiger partial charge in [0.25, 0.3) is 5.69 Å². The highest BCUT2D eigenvalue weighted by Gasteiger charge is 2.03. The molecule has 2 rings (SSSR count). The minimum absolute atomic E-state index is 0.0947. The van der Waals surface area contributed by atoms with E-state index in [1.807, 2.05) is 12.2 Å². The van der Waals surface area contributed by atoms with Gasteiger partial charge in [-0.2, -0.15) is 10.2 Å². The highest BCUT2D eigenvalue weighted by Crippen LogP contribution is 2.13. The lowest BCUT2D eigenvalue weighted by molar-refractivity contribution is -0.384. The Hall–Kier alpha value is -1.95. The number of hydrogen-bond acceptors (Lipinski definition) is 5. The van der Waals surface area contributed by atoms with Crippen LogP contribution in [-0.4, -0.2) is 21.9 Å². The SMILES string of the molecule is O=[N+]([O-])c1ccc(C=CC2=NN=CSC2)cc1. The van der Waals surface area contributed by atoms with E-state index < -0.39 is 4.92 Å². The molecule has 86 valence electrons. The maximum absolute atomic E-state index is 10.5. The first kappa shape index (κ1) is 11.5. The summed E-state index contributed by atoms with van der Waals surface area (Å²) < 4.78 is 0. The molecular formula is C11H9N3O2S. The zero-order chi connectivity index (χ0) is 12.1. The molecular weight excluding hydrogens is 238 g/mol. The highest BCUT2D eigenvalue weighted by molar-refractivity contribution is 8.12. The van der Waals surface area contributed by atoms with E-state index >= 15 is 0 Å². The van der Waals surface area contributed by atoms with Crippen molar-refractivity contribution < 1.29 is 4.92 Å². The van der Waals surface area contributed by atoms with Crippen LogP contribution < -0.4 is 0 Å². The van der Waals surface area contributed by atoms with Gasteiger partial charge in [0.15, 0.2) is 0 Å². The molecule has 0 radical (unpaired) electrons. The lowest BCUT2D eigenvalue weighted by atomic mass is 10.2. The average molecular weight is 247 g/mol. The number of allylic oxidation sites excluding steroid dienone is 1. The Kier molecular flexibility index (Phi) is 3.66. The van der Waals surface area contributed by atoms with Crippen molar-refractivity contribution in [1.82, 2.24) is 0 Å². The first-order valence-electron chi connectivity index (χ1n) is 4.88. The monoisotopic (exact) mass is 247 g/mol. The van der Waals surface area contributed by atoms with Crippen LogP contribution >= 0.6 is 11.8 Å². The third-order valence-corrected chi connectivity index (χ3v) is 2.82. The predicted molar refractivity (Wildman–Crippen MR) is 70.5 cm³/mol. The lowest BCUT2D eigenvalue weighted by Gasteiger charge is -2.00. The normalized spacial score (nSPS) is 14.9. The molecule has 1 aromatic carbocycles. The molecule has 0 saturated carbocycles. The van der Waals surface area contributed by atoms with Crippen molar-refractivity contribution in [3.8, 4) is 0 Å². The molecule has 0 saturated heterocycles. The Morgan fingerprint density at radius 3 is 2.65 bits per heavy atom. The summed E-state index contributed by atoms with van der Waals surface area (Å²) in [5.41, 5.74) is 3.58. The van der Waals surface area contributed by atoms with Crippen molar-refractivity contribution in [2.24, 2.45) is 10.2 Å². The van der Waals surface area contributed by atoms with E-state index in [4.69, 9.17) is 0 Å². The number of hydrogen-bond donors (Lipinski definition) is 0. The first-order valence-corrected chi connectivity index (χ1v) is 5.93. The van der Waals surface area contributed by atoms with Crippen LogP contribution in [-0.2, 0) is 0 Å². The zero-order valence-corrected chi connectivity index (χ0v) is 9.63. The Labute approximate surface area is 102 Å². The number of thioether (sulfide) groups is 1. The summed E-state index contributed by atoms with van der Waals surface area (Å²) >= 11 is 1.58. The molecule has 1 heterocycles. The quantitative estimate of drug-likeness (QED) is 0.609. The molecule has 17 heavy (non-hydrogen) atoms. The lowest BCUT2D eigenvalue weighted by Crippen LogP contribution is -2.00. The molecule has 0 aromatic heterocycles. The second-order valence-corrected chi connectivity index (χ2v) is 4.14. The van der Waals surface area contributed by atoms with E-state index in [9.17, 15) is 10.1 Å². The number of benzene rings is 1. The minimum atomic E-state index is -0.413. The molecule has 5 nitrogen and oxygen atoms in total. The first-order chi connectivity index (χ1) is 8.25. The molecule has 0 aliphatic carbocycles. The molecule has 0 N–H and O–H groups in total. The van der Waals surface area contributed by atoms with Gasteiger partial charge >= 0.3 is 0 Å². The summed E-state index contributed by atoms with van der Waals surface area (Å²) in [7, 11) is 0. The van der Waals surface area contributed by atoms with Gasteiger partial charge < -0.3 is 0 Å². The molecule has 0 atom stereocenters. The van der Waals surface area contributed by atoms with E-state index in [1.165, 1.54) is 12.1 Å². The number of rotatable bonds is 3. The largest absolute Gasteiger partial charge is 0.269 e. The predicted octanol–water partition coefficient (Wildman–Crippen LogP) is 2.74. The summed E-state index contributed by atoms with van der Waals surface area (Å²) in [6.45, 7) is 0. The van der Waals surface area contributed by atoms with Gasteiger partial charge in [-0.25, -0.2) is 0 Å². The van der Waals surface area contributed by atoms with Crippen LogP contribution in [0.25, 0.3) is 6.08 Å². The fourth-order valence-corrected chi connectivity index (χ4v) is 1.78. The van der Waals surface area contributed by atoms with Crippen LogP contribution in [0.4, 0.5) is 5.69 Å². The van der Waals surface area contributed by atoms with E-state index in [2.05, 4.69) is 10.2 Å². The second kappa shape index (κ2) is 5.40. The summed E-state index contributed by atoms with van der Waals surface area (Å²) in [5.74, 6) is 0.799. The van der Waals surface area contributed by atoms with Crippen LogP contribution in [0.2, 0.25) is 0 Å². The van der Waals surface area contributed by atoms with Crippen LogP contribution in [0.5, 0.6) is 0 Å². The fraction of sp³-hybridized carbons (Fsp3) is 0.0909.